The number of aromatic nitrogens is 4. The number of sulfone groups is 1. The lowest BCUT2D eigenvalue weighted by Crippen LogP contribution is -2.50. The van der Waals surface area contributed by atoms with Crippen LogP contribution in [0.3, 0.4) is 0 Å². The molecule has 4 aromatic rings. The second-order valence-corrected chi connectivity index (χ2v) is 14.5. The summed E-state index contributed by atoms with van der Waals surface area (Å²) in [6.07, 6.45) is 7.17. The van der Waals surface area contributed by atoms with Crippen LogP contribution in [0.4, 0.5) is 0 Å². The van der Waals surface area contributed by atoms with Gasteiger partial charge in [0.15, 0.2) is 9.84 Å². The molecule has 47 heavy (non-hydrogen) atoms. The summed E-state index contributed by atoms with van der Waals surface area (Å²) < 4.78 is 34.1. The topological polar surface area (TPSA) is 145 Å². The fourth-order valence-electron chi connectivity index (χ4n) is 5.88. The van der Waals surface area contributed by atoms with Gasteiger partial charge < -0.3 is 20.1 Å². The molecule has 11 nitrogen and oxygen atoms in total. The lowest BCUT2D eigenvalue weighted by Gasteiger charge is -2.26. The molecule has 4 heterocycles. The number of hydrogen-bond acceptors (Lipinski definition) is 10. The van der Waals surface area contributed by atoms with Crippen molar-refractivity contribution in [2.45, 2.75) is 50.7 Å². The Hall–Kier alpha value is -3.84. The minimum Gasteiger partial charge on any atom is -0.480 e. The molecule has 1 atom stereocenters. The van der Waals surface area contributed by atoms with Crippen LogP contribution in [-0.4, -0.2) is 72.1 Å². The lowest BCUT2D eigenvalue weighted by molar-refractivity contribution is -0.119. The van der Waals surface area contributed by atoms with Gasteiger partial charge in [-0.25, -0.2) is 18.4 Å². The van der Waals surface area contributed by atoms with Crippen LogP contribution in [0.1, 0.15) is 37.1 Å². The molecule has 2 aliphatic rings. The summed E-state index contributed by atoms with van der Waals surface area (Å²) in [6, 6.07) is 11.3. The lowest BCUT2D eigenvalue weighted by atomic mass is 9.98. The maximum Gasteiger partial charge on any atom is 0.237 e. The van der Waals surface area contributed by atoms with Crippen LogP contribution in [0.15, 0.2) is 48.8 Å². The average Bonchev–Trinajstić information content (AvgIpc) is 3.47. The Morgan fingerprint density at radius 2 is 1.43 bits per heavy atom. The van der Waals surface area contributed by atoms with Gasteiger partial charge in [-0.1, -0.05) is 59.6 Å². The van der Waals surface area contributed by atoms with Gasteiger partial charge >= 0.3 is 0 Å². The largest absolute Gasteiger partial charge is 0.480 e. The molecule has 2 N–H and O–H groups in total. The molecule has 1 amide bonds. The van der Waals surface area contributed by atoms with Crippen LogP contribution in [0.25, 0.3) is 33.6 Å². The number of methoxy groups -OCH3 is 2. The first-order chi connectivity index (χ1) is 22.7. The predicted octanol–water partition coefficient (Wildman–Crippen LogP) is 5.08. The summed E-state index contributed by atoms with van der Waals surface area (Å²) in [7, 11) is 0.144. The number of amides is 1. The van der Waals surface area contributed by atoms with Crippen molar-refractivity contribution >= 4 is 38.9 Å². The number of halogens is 2. The van der Waals surface area contributed by atoms with Gasteiger partial charge in [-0.05, 0) is 25.7 Å². The number of aryl methyl sites for hydroxylation is 1. The van der Waals surface area contributed by atoms with E-state index in [9.17, 15) is 13.2 Å². The zero-order chi connectivity index (χ0) is 33.1. The monoisotopic (exact) mass is 696 g/mol. The molecule has 246 valence electrons. The van der Waals surface area contributed by atoms with E-state index in [1.807, 2.05) is 36.4 Å². The standard InChI is InChI=1S/C33H34Cl2N6O5S/c1-45-32-25(11-3-6-19-12-13-29(42)39-19)37-14-26(40-32)23-9-4-7-21(30(23)34)22-8-5-10-24(31(22)35)27-15-38-28(33(41-27)46-2)16-36-20-17-47(43,44)18-20/h4-5,7-10,14-15,19-20,36H,3,6,11-13,16-18H2,1-2H3,(H,39,42)/t19-/m1/s1. The Morgan fingerprint density at radius 1 is 0.872 bits per heavy atom. The second kappa shape index (κ2) is 14.1. The molecule has 2 aliphatic heterocycles. The summed E-state index contributed by atoms with van der Waals surface area (Å²) >= 11 is 14.0. The summed E-state index contributed by atoms with van der Waals surface area (Å²) in [5.74, 6) is 1.09. The summed E-state index contributed by atoms with van der Waals surface area (Å²) in [6.45, 7) is 0.321. The van der Waals surface area contributed by atoms with Gasteiger partial charge in [-0.2, -0.15) is 0 Å². The fourth-order valence-corrected chi connectivity index (χ4v) is 7.90. The highest BCUT2D eigenvalue weighted by molar-refractivity contribution is 7.92. The Labute approximate surface area is 283 Å². The number of carbonyl (C=O) groups is 1. The van der Waals surface area contributed by atoms with Gasteiger partial charge in [-0.3, -0.25) is 14.8 Å². The third kappa shape index (κ3) is 7.35. The zero-order valence-electron chi connectivity index (χ0n) is 25.9. The van der Waals surface area contributed by atoms with Gasteiger partial charge in [0.1, 0.15) is 11.4 Å². The van der Waals surface area contributed by atoms with E-state index >= 15 is 0 Å². The minimum atomic E-state index is -2.93. The molecule has 0 bridgehead atoms. The van der Waals surface area contributed by atoms with E-state index in [4.69, 9.17) is 37.7 Å². The molecule has 2 aromatic heterocycles. The first-order valence-electron chi connectivity index (χ1n) is 15.3. The van der Waals surface area contributed by atoms with Crippen LogP contribution < -0.4 is 20.1 Å². The maximum absolute atomic E-state index is 11.5. The molecule has 0 radical (unpaired) electrons. The summed E-state index contributed by atoms with van der Waals surface area (Å²) in [5, 5.41) is 7.08. The molecule has 0 aliphatic carbocycles. The molecule has 2 saturated heterocycles. The summed E-state index contributed by atoms with van der Waals surface area (Å²) in [4.78, 5) is 30.1. The van der Waals surface area contributed by atoms with Crippen molar-refractivity contribution in [1.29, 1.82) is 0 Å². The Balaban J connectivity index is 1.22. The van der Waals surface area contributed by atoms with Crippen molar-refractivity contribution in [3.63, 3.8) is 0 Å². The molecule has 0 spiro atoms. The number of hydrogen-bond donors (Lipinski definition) is 2. The van der Waals surface area contributed by atoms with Crippen molar-refractivity contribution in [2.24, 2.45) is 0 Å². The third-order valence-corrected chi connectivity index (χ3v) is 11.0. The van der Waals surface area contributed by atoms with Gasteiger partial charge in [0.05, 0.1) is 59.6 Å². The molecule has 2 fully saturated rings. The highest BCUT2D eigenvalue weighted by Crippen LogP contribution is 2.42. The van der Waals surface area contributed by atoms with Gasteiger partial charge in [0, 0.05) is 47.3 Å². The van der Waals surface area contributed by atoms with Crippen LogP contribution in [0.2, 0.25) is 10.0 Å². The van der Waals surface area contributed by atoms with Crippen molar-refractivity contribution in [2.75, 3.05) is 25.7 Å². The van der Waals surface area contributed by atoms with Crippen LogP contribution in [-0.2, 0) is 27.6 Å². The fraction of sp³-hybridized carbons (Fsp3) is 0.364. The first-order valence-corrected chi connectivity index (χ1v) is 17.8. The van der Waals surface area contributed by atoms with Crippen LogP contribution in [0.5, 0.6) is 11.8 Å². The van der Waals surface area contributed by atoms with Crippen molar-refractivity contribution in [3.8, 4) is 45.4 Å². The molecular formula is C33H34Cl2N6O5S. The SMILES string of the molecule is COc1nc(-c2cccc(-c3cccc(-c4cnc(CNC5CS(=O)(=O)C5)c(OC)n4)c3Cl)c2Cl)cnc1CCC[C@@H]1CCC(=O)N1. The predicted molar refractivity (Wildman–Crippen MR) is 180 cm³/mol. The van der Waals surface area contributed by atoms with E-state index in [0.717, 1.165) is 25.0 Å². The number of nitrogens with one attached hydrogen (secondary N) is 2. The third-order valence-electron chi connectivity index (χ3n) is 8.37. The maximum atomic E-state index is 11.5. The van der Waals surface area contributed by atoms with Crippen LogP contribution in [0, 0.1) is 0 Å². The van der Waals surface area contributed by atoms with E-state index in [1.54, 1.807) is 19.5 Å². The van der Waals surface area contributed by atoms with Gasteiger partial charge in [0.25, 0.3) is 0 Å². The first kappa shape index (κ1) is 33.1. The smallest absolute Gasteiger partial charge is 0.237 e. The number of rotatable bonds is 12. The van der Waals surface area contributed by atoms with Crippen molar-refractivity contribution in [1.82, 2.24) is 30.6 Å². The van der Waals surface area contributed by atoms with E-state index in [-0.39, 0.29) is 29.5 Å². The van der Waals surface area contributed by atoms with E-state index in [1.165, 1.54) is 7.11 Å². The van der Waals surface area contributed by atoms with Gasteiger partial charge in [0.2, 0.25) is 17.7 Å². The number of carbonyl (C=O) groups excluding carboxylic acids is 1. The number of nitrogens with zero attached hydrogens (tertiary/aromatic N) is 4. The summed E-state index contributed by atoms with van der Waals surface area (Å²) in [5.41, 5.74) is 5.11. The molecule has 14 heteroatoms. The quantitative estimate of drug-likeness (QED) is 0.206. The molecule has 0 unspecified atom stereocenters. The van der Waals surface area contributed by atoms with E-state index in [0.29, 0.717) is 80.5 Å². The molecule has 2 aromatic carbocycles. The highest BCUT2D eigenvalue weighted by atomic mass is 35.5. The normalized spacial score (nSPS) is 17.3. The number of ether oxygens (including phenoxy) is 2. The molecule has 6 rings (SSSR count). The van der Waals surface area contributed by atoms with E-state index < -0.39 is 9.84 Å². The van der Waals surface area contributed by atoms with E-state index in [2.05, 4.69) is 25.6 Å². The Bertz CT molecular complexity index is 1910. The molecular weight excluding hydrogens is 663 g/mol. The van der Waals surface area contributed by atoms with Crippen molar-refractivity contribution < 1.29 is 22.7 Å². The van der Waals surface area contributed by atoms with Crippen LogP contribution >= 0.6 is 23.2 Å². The Kier molecular flexibility index (Phi) is 9.93. The van der Waals surface area contributed by atoms with Gasteiger partial charge in [-0.15, -0.1) is 0 Å². The van der Waals surface area contributed by atoms with Crippen molar-refractivity contribution in [3.05, 3.63) is 70.2 Å². The average molecular weight is 698 g/mol. The minimum absolute atomic E-state index is 0.110. The molecule has 0 saturated carbocycles. The highest BCUT2D eigenvalue weighted by Gasteiger charge is 2.33. The second-order valence-electron chi connectivity index (χ2n) is 11.6. The number of benzene rings is 2. The Morgan fingerprint density at radius 3 is 1.96 bits per heavy atom. The zero-order valence-corrected chi connectivity index (χ0v) is 28.3.